The standard InChI is InChI=1S/C23H22FN5O2/c1-13-3-5-17(24)23-22(13)16(14(2)28-23)7-8-25-20-10-21(27-11-26-20)29-15-4-6-18-19(9-15)31-12-30-18/h3-6,9-11,28H,7-8,12H2,1-2H3,(H2,25,26,27,29). The van der Waals surface area contributed by atoms with Gasteiger partial charge in [0, 0.05) is 35.4 Å². The average Bonchev–Trinajstić information content (AvgIpc) is 3.36. The maximum atomic E-state index is 14.2. The molecule has 2 aromatic carbocycles. The van der Waals surface area contributed by atoms with Crippen LogP contribution in [0.4, 0.5) is 21.7 Å². The van der Waals surface area contributed by atoms with Crippen molar-refractivity contribution >= 4 is 28.2 Å². The molecule has 4 aromatic rings. The largest absolute Gasteiger partial charge is 0.454 e. The van der Waals surface area contributed by atoms with Gasteiger partial charge in [0.25, 0.3) is 0 Å². The van der Waals surface area contributed by atoms with E-state index in [0.29, 0.717) is 29.4 Å². The molecule has 0 saturated carbocycles. The highest BCUT2D eigenvalue weighted by atomic mass is 19.1. The van der Waals surface area contributed by atoms with Gasteiger partial charge in [0.05, 0.1) is 5.52 Å². The molecule has 5 rings (SSSR count). The van der Waals surface area contributed by atoms with Crippen LogP contribution in [0.5, 0.6) is 11.5 Å². The summed E-state index contributed by atoms with van der Waals surface area (Å²) in [5.41, 5.74) is 4.59. The number of ether oxygens (including phenoxy) is 2. The molecule has 0 aliphatic carbocycles. The fraction of sp³-hybridized carbons (Fsp3) is 0.217. The van der Waals surface area contributed by atoms with E-state index in [1.54, 1.807) is 0 Å². The van der Waals surface area contributed by atoms with E-state index in [2.05, 4.69) is 25.6 Å². The molecule has 0 radical (unpaired) electrons. The maximum Gasteiger partial charge on any atom is 0.231 e. The van der Waals surface area contributed by atoms with Gasteiger partial charge in [-0.15, -0.1) is 0 Å². The van der Waals surface area contributed by atoms with Crippen molar-refractivity contribution in [3.05, 3.63) is 65.4 Å². The van der Waals surface area contributed by atoms with Gasteiger partial charge in [-0.25, -0.2) is 14.4 Å². The molecule has 3 N–H and O–H groups in total. The molecule has 1 aliphatic rings. The van der Waals surface area contributed by atoms with Gasteiger partial charge in [0.1, 0.15) is 23.8 Å². The predicted octanol–water partition coefficient (Wildman–Crippen LogP) is 4.84. The van der Waals surface area contributed by atoms with Gasteiger partial charge >= 0.3 is 0 Å². The Morgan fingerprint density at radius 3 is 2.77 bits per heavy atom. The number of aromatic amines is 1. The predicted molar refractivity (Wildman–Crippen MR) is 118 cm³/mol. The topological polar surface area (TPSA) is 84.1 Å². The molecule has 7 nitrogen and oxygen atoms in total. The van der Waals surface area contributed by atoms with Crippen LogP contribution in [0.1, 0.15) is 16.8 Å². The summed E-state index contributed by atoms with van der Waals surface area (Å²) < 4.78 is 24.9. The first-order chi connectivity index (χ1) is 15.1. The van der Waals surface area contributed by atoms with E-state index in [1.165, 1.54) is 12.4 Å². The van der Waals surface area contributed by atoms with Crippen molar-refractivity contribution < 1.29 is 13.9 Å². The van der Waals surface area contributed by atoms with Crippen molar-refractivity contribution in [3.63, 3.8) is 0 Å². The number of aromatic nitrogens is 3. The van der Waals surface area contributed by atoms with E-state index in [-0.39, 0.29) is 12.6 Å². The third-order valence-corrected chi connectivity index (χ3v) is 5.42. The van der Waals surface area contributed by atoms with Crippen molar-refractivity contribution in [3.8, 4) is 11.5 Å². The Morgan fingerprint density at radius 1 is 1.03 bits per heavy atom. The molecule has 0 unspecified atom stereocenters. The van der Waals surface area contributed by atoms with Gasteiger partial charge in [-0.2, -0.15) is 0 Å². The van der Waals surface area contributed by atoms with Crippen LogP contribution in [-0.4, -0.2) is 28.3 Å². The molecule has 158 valence electrons. The van der Waals surface area contributed by atoms with Crippen LogP contribution < -0.4 is 20.1 Å². The molecular weight excluding hydrogens is 397 g/mol. The number of rotatable bonds is 6. The molecule has 8 heteroatoms. The number of nitrogens with one attached hydrogen (secondary N) is 3. The minimum atomic E-state index is -0.224. The van der Waals surface area contributed by atoms with E-state index in [1.807, 2.05) is 44.2 Å². The Balaban J connectivity index is 1.27. The van der Waals surface area contributed by atoms with Crippen LogP contribution in [0.15, 0.2) is 42.7 Å². The summed E-state index contributed by atoms with van der Waals surface area (Å²) in [5.74, 6) is 2.59. The summed E-state index contributed by atoms with van der Waals surface area (Å²) in [5, 5.41) is 7.55. The van der Waals surface area contributed by atoms with Crippen molar-refractivity contribution in [1.29, 1.82) is 0 Å². The number of hydrogen-bond acceptors (Lipinski definition) is 6. The van der Waals surface area contributed by atoms with E-state index in [0.717, 1.165) is 40.1 Å². The Labute approximate surface area is 178 Å². The van der Waals surface area contributed by atoms with Crippen LogP contribution in [0.25, 0.3) is 10.9 Å². The molecule has 0 amide bonds. The number of fused-ring (bicyclic) bond motifs is 2. The molecule has 0 spiro atoms. The Morgan fingerprint density at radius 2 is 1.87 bits per heavy atom. The van der Waals surface area contributed by atoms with E-state index < -0.39 is 0 Å². The molecule has 31 heavy (non-hydrogen) atoms. The maximum absolute atomic E-state index is 14.2. The monoisotopic (exact) mass is 419 g/mol. The summed E-state index contributed by atoms with van der Waals surface area (Å²) in [6.07, 6.45) is 2.25. The van der Waals surface area contributed by atoms with Crippen LogP contribution in [0, 0.1) is 19.7 Å². The highest BCUT2D eigenvalue weighted by Crippen LogP contribution is 2.35. The summed E-state index contributed by atoms with van der Waals surface area (Å²) >= 11 is 0. The van der Waals surface area contributed by atoms with E-state index in [4.69, 9.17) is 9.47 Å². The molecule has 0 bridgehead atoms. The quantitative estimate of drug-likeness (QED) is 0.415. The minimum Gasteiger partial charge on any atom is -0.454 e. The SMILES string of the molecule is Cc1[nH]c2c(F)ccc(C)c2c1CCNc1cc(Nc2ccc3c(c2)OCO3)ncn1. The average molecular weight is 419 g/mol. The molecule has 2 aromatic heterocycles. The zero-order valence-corrected chi connectivity index (χ0v) is 17.3. The zero-order valence-electron chi connectivity index (χ0n) is 17.3. The lowest BCUT2D eigenvalue weighted by atomic mass is 10.0. The summed E-state index contributed by atoms with van der Waals surface area (Å²) in [6, 6.07) is 10.8. The summed E-state index contributed by atoms with van der Waals surface area (Å²) in [6.45, 7) is 4.88. The molecular formula is C23H22FN5O2. The molecule has 0 fully saturated rings. The Bertz CT molecular complexity index is 1270. The minimum absolute atomic E-state index is 0.224. The van der Waals surface area contributed by atoms with Gasteiger partial charge < -0.3 is 25.1 Å². The van der Waals surface area contributed by atoms with Gasteiger partial charge in [0.15, 0.2) is 11.5 Å². The number of hydrogen-bond donors (Lipinski definition) is 3. The number of nitrogens with zero attached hydrogens (tertiary/aromatic N) is 2. The molecule has 1 aliphatic heterocycles. The molecule has 0 saturated heterocycles. The smallest absolute Gasteiger partial charge is 0.231 e. The number of H-pyrrole nitrogens is 1. The van der Waals surface area contributed by atoms with Crippen LogP contribution in [0.3, 0.4) is 0 Å². The first-order valence-electron chi connectivity index (χ1n) is 10.1. The zero-order chi connectivity index (χ0) is 21.4. The molecule has 0 atom stereocenters. The first kappa shape index (κ1) is 19.2. The highest BCUT2D eigenvalue weighted by molar-refractivity contribution is 5.88. The van der Waals surface area contributed by atoms with Gasteiger partial charge in [-0.1, -0.05) is 6.07 Å². The fourth-order valence-corrected chi connectivity index (χ4v) is 3.92. The van der Waals surface area contributed by atoms with Crippen molar-refractivity contribution in [2.24, 2.45) is 0 Å². The first-order valence-corrected chi connectivity index (χ1v) is 10.1. The van der Waals surface area contributed by atoms with Crippen molar-refractivity contribution in [1.82, 2.24) is 15.0 Å². The number of benzene rings is 2. The lowest BCUT2D eigenvalue weighted by Crippen LogP contribution is -2.08. The normalized spacial score (nSPS) is 12.4. The number of aryl methyl sites for hydroxylation is 2. The second-order valence-corrected chi connectivity index (χ2v) is 7.50. The second kappa shape index (κ2) is 7.79. The van der Waals surface area contributed by atoms with Crippen LogP contribution in [0.2, 0.25) is 0 Å². The second-order valence-electron chi connectivity index (χ2n) is 7.50. The van der Waals surface area contributed by atoms with Crippen molar-refractivity contribution in [2.75, 3.05) is 24.0 Å². The fourth-order valence-electron chi connectivity index (χ4n) is 3.92. The number of anilines is 3. The van der Waals surface area contributed by atoms with Gasteiger partial charge in [0.2, 0.25) is 6.79 Å². The lowest BCUT2D eigenvalue weighted by molar-refractivity contribution is 0.174. The third-order valence-electron chi connectivity index (χ3n) is 5.42. The van der Waals surface area contributed by atoms with Crippen LogP contribution in [-0.2, 0) is 6.42 Å². The third kappa shape index (κ3) is 3.72. The lowest BCUT2D eigenvalue weighted by Gasteiger charge is -2.10. The van der Waals surface area contributed by atoms with Crippen molar-refractivity contribution in [2.45, 2.75) is 20.3 Å². The summed E-state index contributed by atoms with van der Waals surface area (Å²) in [4.78, 5) is 11.8. The van der Waals surface area contributed by atoms with E-state index >= 15 is 0 Å². The summed E-state index contributed by atoms with van der Waals surface area (Å²) in [7, 11) is 0. The Kier molecular flexibility index (Phi) is 4.82. The Hall–Kier alpha value is -3.81. The van der Waals surface area contributed by atoms with Gasteiger partial charge in [-0.05, 0) is 49.6 Å². The van der Waals surface area contributed by atoms with E-state index in [9.17, 15) is 4.39 Å². The number of halogens is 1. The molecule has 3 heterocycles. The highest BCUT2D eigenvalue weighted by Gasteiger charge is 2.15. The van der Waals surface area contributed by atoms with Gasteiger partial charge in [-0.3, -0.25) is 0 Å². The van der Waals surface area contributed by atoms with Crippen LogP contribution >= 0.6 is 0 Å².